The van der Waals surface area contributed by atoms with E-state index in [2.05, 4.69) is 15.0 Å². The van der Waals surface area contributed by atoms with Gasteiger partial charge in [-0.15, -0.1) is 0 Å². The van der Waals surface area contributed by atoms with Crippen LogP contribution in [0.15, 0.2) is 12.1 Å². The number of aliphatic hydroxyl groups is 1. The molecule has 0 aliphatic carbocycles. The number of nitro groups is 1. The summed E-state index contributed by atoms with van der Waals surface area (Å²) in [5.74, 6) is -0.686. The molecule has 0 aromatic carbocycles. The van der Waals surface area contributed by atoms with Crippen molar-refractivity contribution in [3.63, 3.8) is 0 Å². The van der Waals surface area contributed by atoms with Crippen LogP contribution in [0.5, 0.6) is 0 Å². The van der Waals surface area contributed by atoms with Crippen molar-refractivity contribution in [2.45, 2.75) is 32.2 Å². The molecule has 0 amide bonds. The topological polar surface area (TPSA) is 115 Å². The van der Waals surface area contributed by atoms with Crippen molar-refractivity contribution in [3.8, 4) is 0 Å². The summed E-state index contributed by atoms with van der Waals surface area (Å²) in [5, 5.41) is 23.1. The molecule has 0 spiro atoms. The lowest BCUT2D eigenvalue weighted by molar-refractivity contribution is -0.384. The second-order valence-corrected chi connectivity index (χ2v) is 4.83. The number of rotatable bonds is 7. The average Bonchev–Trinajstić information content (AvgIpc) is 2.46. The zero-order valence-corrected chi connectivity index (χ0v) is 12.3. The number of hydrogen-bond acceptors (Lipinski definition) is 7. The number of methoxy groups -OCH3 is 1. The van der Waals surface area contributed by atoms with Crippen LogP contribution in [0.3, 0.4) is 0 Å². The molecule has 0 saturated heterocycles. The van der Waals surface area contributed by atoms with E-state index in [1.54, 1.807) is 0 Å². The minimum atomic E-state index is -0.673. The van der Waals surface area contributed by atoms with Gasteiger partial charge in [0.25, 0.3) is 0 Å². The highest BCUT2D eigenvalue weighted by atomic mass is 16.6. The third-order valence-electron chi connectivity index (χ3n) is 3.33. The number of aliphatic hydroxyl groups excluding tert-OH is 1. The Bertz CT molecular complexity index is 535. The SMILES string of the molecule is CCC(C)(CCO)Nc1nc(C(=O)OC)ccc1[N+](=O)[O-]. The number of carbonyl (C=O) groups is 1. The van der Waals surface area contributed by atoms with E-state index in [4.69, 9.17) is 5.11 Å². The van der Waals surface area contributed by atoms with E-state index in [9.17, 15) is 14.9 Å². The van der Waals surface area contributed by atoms with Gasteiger partial charge in [-0.2, -0.15) is 0 Å². The van der Waals surface area contributed by atoms with Crippen LogP contribution in [0.25, 0.3) is 0 Å². The van der Waals surface area contributed by atoms with Gasteiger partial charge in [0.15, 0.2) is 5.69 Å². The van der Waals surface area contributed by atoms with Gasteiger partial charge < -0.3 is 15.2 Å². The van der Waals surface area contributed by atoms with Gasteiger partial charge in [0.05, 0.1) is 12.0 Å². The zero-order chi connectivity index (χ0) is 16.0. The first-order valence-corrected chi connectivity index (χ1v) is 6.49. The van der Waals surface area contributed by atoms with Crippen molar-refractivity contribution in [2.24, 2.45) is 0 Å². The highest BCUT2D eigenvalue weighted by Gasteiger charge is 2.27. The first-order valence-electron chi connectivity index (χ1n) is 6.49. The predicted octanol–water partition coefficient (Wildman–Crippen LogP) is 1.74. The van der Waals surface area contributed by atoms with Crippen LogP contribution in [0.4, 0.5) is 11.5 Å². The second kappa shape index (κ2) is 6.98. The van der Waals surface area contributed by atoms with Gasteiger partial charge in [-0.1, -0.05) is 6.92 Å². The van der Waals surface area contributed by atoms with Gasteiger partial charge in [0, 0.05) is 18.2 Å². The molecule has 0 bridgehead atoms. The fourth-order valence-corrected chi connectivity index (χ4v) is 1.77. The number of esters is 1. The van der Waals surface area contributed by atoms with Gasteiger partial charge >= 0.3 is 11.7 Å². The van der Waals surface area contributed by atoms with Crippen molar-refractivity contribution in [1.82, 2.24) is 4.98 Å². The minimum absolute atomic E-state index is 0.0132. The van der Waals surface area contributed by atoms with Gasteiger partial charge in [-0.25, -0.2) is 9.78 Å². The molecule has 116 valence electrons. The third kappa shape index (κ3) is 4.12. The lowest BCUT2D eigenvalue weighted by Gasteiger charge is -2.29. The summed E-state index contributed by atoms with van der Waals surface area (Å²) in [7, 11) is 1.21. The molecule has 2 N–H and O–H groups in total. The number of aromatic nitrogens is 1. The number of ether oxygens (including phenoxy) is 1. The molecule has 1 heterocycles. The van der Waals surface area contributed by atoms with Crippen molar-refractivity contribution in [2.75, 3.05) is 19.0 Å². The standard InChI is InChI=1S/C13H19N3O5/c1-4-13(2,7-8-17)15-11-10(16(19)20)6-5-9(14-11)12(18)21-3/h5-6,17H,4,7-8H2,1-3H3,(H,14,15). The quantitative estimate of drug-likeness (QED) is 0.447. The highest BCUT2D eigenvalue weighted by molar-refractivity contribution is 5.88. The van der Waals surface area contributed by atoms with Crippen LogP contribution in [-0.4, -0.2) is 40.2 Å². The van der Waals surface area contributed by atoms with Crippen LogP contribution in [-0.2, 0) is 4.74 Å². The van der Waals surface area contributed by atoms with Crippen LogP contribution in [0.1, 0.15) is 37.2 Å². The third-order valence-corrected chi connectivity index (χ3v) is 3.33. The predicted molar refractivity (Wildman–Crippen MR) is 76.3 cm³/mol. The molecule has 21 heavy (non-hydrogen) atoms. The Balaban J connectivity index is 3.23. The molecule has 1 unspecified atom stereocenters. The maximum atomic E-state index is 11.5. The van der Waals surface area contributed by atoms with Crippen molar-refractivity contribution < 1.29 is 19.6 Å². The Morgan fingerprint density at radius 2 is 2.24 bits per heavy atom. The Labute approximate surface area is 122 Å². The summed E-state index contributed by atoms with van der Waals surface area (Å²) >= 11 is 0. The Kier molecular flexibility index (Phi) is 5.60. The van der Waals surface area contributed by atoms with E-state index < -0.39 is 16.4 Å². The summed E-state index contributed by atoms with van der Waals surface area (Å²) in [6, 6.07) is 2.45. The van der Waals surface area contributed by atoms with Gasteiger partial charge in [-0.05, 0) is 25.8 Å². The summed E-state index contributed by atoms with van der Waals surface area (Å²) < 4.78 is 4.56. The molecule has 1 atom stereocenters. The minimum Gasteiger partial charge on any atom is -0.464 e. The van der Waals surface area contributed by atoms with Crippen LogP contribution in [0.2, 0.25) is 0 Å². The van der Waals surface area contributed by atoms with Crippen LogP contribution >= 0.6 is 0 Å². The molecule has 1 aromatic heterocycles. The van der Waals surface area contributed by atoms with Crippen molar-refractivity contribution >= 4 is 17.5 Å². The number of nitrogens with one attached hydrogen (secondary N) is 1. The van der Waals surface area contributed by atoms with E-state index in [1.807, 2.05) is 13.8 Å². The Morgan fingerprint density at radius 1 is 1.57 bits per heavy atom. The maximum absolute atomic E-state index is 11.5. The van der Waals surface area contributed by atoms with E-state index >= 15 is 0 Å². The molecule has 0 aliphatic heterocycles. The molecule has 0 fully saturated rings. The number of carbonyl (C=O) groups excluding carboxylic acids is 1. The van der Waals surface area contributed by atoms with Crippen molar-refractivity contribution in [3.05, 3.63) is 27.9 Å². The Morgan fingerprint density at radius 3 is 2.71 bits per heavy atom. The highest BCUT2D eigenvalue weighted by Crippen LogP contribution is 2.28. The fraction of sp³-hybridized carbons (Fsp3) is 0.538. The first-order chi connectivity index (χ1) is 9.86. The van der Waals surface area contributed by atoms with Gasteiger partial charge in [-0.3, -0.25) is 10.1 Å². The number of hydrogen-bond donors (Lipinski definition) is 2. The zero-order valence-electron chi connectivity index (χ0n) is 12.3. The average molecular weight is 297 g/mol. The second-order valence-electron chi connectivity index (χ2n) is 4.83. The maximum Gasteiger partial charge on any atom is 0.356 e. The summed E-state index contributed by atoms with van der Waals surface area (Å²) in [6.45, 7) is 3.64. The normalized spacial score (nSPS) is 13.3. The number of anilines is 1. The lowest BCUT2D eigenvalue weighted by Crippen LogP contribution is -2.35. The molecular weight excluding hydrogens is 278 g/mol. The largest absolute Gasteiger partial charge is 0.464 e. The summed E-state index contributed by atoms with van der Waals surface area (Å²) in [4.78, 5) is 25.9. The summed E-state index contributed by atoms with van der Waals surface area (Å²) in [5.41, 5.74) is -0.824. The first kappa shape index (κ1) is 16.8. The van der Waals surface area contributed by atoms with E-state index in [0.29, 0.717) is 12.8 Å². The molecule has 0 aliphatic rings. The number of nitrogens with zero attached hydrogens (tertiary/aromatic N) is 2. The molecule has 8 nitrogen and oxygen atoms in total. The molecule has 0 saturated carbocycles. The van der Waals surface area contributed by atoms with Crippen LogP contribution in [0, 0.1) is 10.1 Å². The van der Waals surface area contributed by atoms with E-state index in [1.165, 1.54) is 19.2 Å². The van der Waals surface area contributed by atoms with Gasteiger partial charge in [0.2, 0.25) is 5.82 Å². The molecule has 0 radical (unpaired) electrons. The number of pyridine rings is 1. The van der Waals surface area contributed by atoms with E-state index in [0.717, 1.165) is 0 Å². The van der Waals surface area contributed by atoms with Crippen molar-refractivity contribution in [1.29, 1.82) is 0 Å². The molecular formula is C13H19N3O5. The van der Waals surface area contributed by atoms with Gasteiger partial charge in [0.1, 0.15) is 0 Å². The van der Waals surface area contributed by atoms with E-state index in [-0.39, 0.29) is 23.8 Å². The molecule has 8 heteroatoms. The fourth-order valence-electron chi connectivity index (χ4n) is 1.77. The Hall–Kier alpha value is -2.22. The molecule has 1 aromatic rings. The lowest BCUT2D eigenvalue weighted by atomic mass is 9.95. The molecule has 1 rings (SSSR count). The summed E-state index contributed by atoms with van der Waals surface area (Å²) in [6.07, 6.45) is 1.01. The smallest absolute Gasteiger partial charge is 0.356 e. The van der Waals surface area contributed by atoms with Crippen LogP contribution < -0.4 is 5.32 Å². The monoisotopic (exact) mass is 297 g/mol.